The summed E-state index contributed by atoms with van der Waals surface area (Å²) < 4.78 is 0. The molecule has 2 rings (SSSR count). The largest absolute Gasteiger partial charge is 0.296 e. The fourth-order valence-corrected chi connectivity index (χ4v) is 1.55. The van der Waals surface area contributed by atoms with Crippen molar-refractivity contribution in [1.29, 1.82) is 0 Å². The van der Waals surface area contributed by atoms with Gasteiger partial charge in [0.2, 0.25) is 0 Å². The predicted molar refractivity (Wildman–Crippen MR) is 62.1 cm³/mol. The van der Waals surface area contributed by atoms with Gasteiger partial charge in [-0.15, -0.1) is 0 Å². The van der Waals surface area contributed by atoms with E-state index in [1.807, 2.05) is 12.1 Å². The first-order chi connectivity index (χ1) is 7.20. The Labute approximate surface area is 92.6 Å². The van der Waals surface area contributed by atoms with E-state index >= 15 is 0 Å². The maximum atomic E-state index is 10.5. The molecular weight excluding hydrogens is 210 g/mol. The molecule has 0 aliphatic carbocycles. The first kappa shape index (κ1) is 9.87. The van der Waals surface area contributed by atoms with Crippen LogP contribution in [0.2, 0.25) is 5.02 Å². The van der Waals surface area contributed by atoms with Crippen LogP contribution in [0.5, 0.6) is 0 Å². The van der Waals surface area contributed by atoms with Gasteiger partial charge < -0.3 is 0 Å². The molecule has 1 heterocycles. The second-order valence-corrected chi connectivity index (χ2v) is 3.60. The van der Waals surface area contributed by atoms with Crippen LogP contribution in [0.3, 0.4) is 0 Å². The Bertz CT molecular complexity index is 483. The molecule has 74 valence electrons. The molecule has 0 amide bonds. The molecular formula is C12H8ClNO. The summed E-state index contributed by atoms with van der Waals surface area (Å²) in [6.07, 6.45) is 2.44. The van der Waals surface area contributed by atoms with Crippen molar-refractivity contribution in [3.63, 3.8) is 0 Å². The Morgan fingerprint density at radius 1 is 1.27 bits per heavy atom. The highest BCUT2D eigenvalue weighted by Gasteiger charge is 2.13. The highest BCUT2D eigenvalue weighted by atomic mass is 35.5. The molecule has 0 bridgehead atoms. The van der Waals surface area contributed by atoms with Crippen LogP contribution in [0.25, 0.3) is 5.57 Å². The van der Waals surface area contributed by atoms with Gasteiger partial charge in [0, 0.05) is 10.6 Å². The summed E-state index contributed by atoms with van der Waals surface area (Å²) in [6.45, 7) is 3.78. The van der Waals surface area contributed by atoms with Gasteiger partial charge in [0.05, 0.1) is 5.70 Å². The van der Waals surface area contributed by atoms with E-state index in [0.717, 1.165) is 11.1 Å². The van der Waals surface area contributed by atoms with Gasteiger partial charge in [-0.2, -0.15) is 0 Å². The van der Waals surface area contributed by atoms with Gasteiger partial charge in [0.25, 0.3) is 0 Å². The molecule has 2 nitrogen and oxygen atoms in total. The molecule has 0 saturated carbocycles. The summed E-state index contributed by atoms with van der Waals surface area (Å²) in [7, 11) is 0. The van der Waals surface area contributed by atoms with Crippen LogP contribution in [0.1, 0.15) is 5.56 Å². The summed E-state index contributed by atoms with van der Waals surface area (Å²) in [6, 6.07) is 7.35. The van der Waals surface area contributed by atoms with Crippen LogP contribution in [-0.2, 0) is 4.79 Å². The van der Waals surface area contributed by atoms with Gasteiger partial charge in [-0.1, -0.05) is 30.3 Å². The summed E-state index contributed by atoms with van der Waals surface area (Å²) >= 11 is 5.78. The highest BCUT2D eigenvalue weighted by Crippen LogP contribution is 2.27. The van der Waals surface area contributed by atoms with Crippen molar-refractivity contribution in [2.75, 3.05) is 0 Å². The van der Waals surface area contributed by atoms with Crippen LogP contribution in [0, 0.1) is 0 Å². The topological polar surface area (TPSA) is 29.4 Å². The number of allylic oxidation sites excluding steroid dienone is 2. The monoisotopic (exact) mass is 217 g/mol. The molecule has 1 aliphatic rings. The van der Waals surface area contributed by atoms with Gasteiger partial charge in [0.15, 0.2) is 6.29 Å². The third kappa shape index (κ3) is 1.90. The predicted octanol–water partition coefficient (Wildman–Crippen LogP) is 2.89. The van der Waals surface area contributed by atoms with Gasteiger partial charge in [-0.05, 0) is 23.8 Å². The summed E-state index contributed by atoms with van der Waals surface area (Å²) in [5.41, 5.74) is 2.85. The van der Waals surface area contributed by atoms with E-state index in [4.69, 9.17) is 11.6 Å². The molecule has 0 unspecified atom stereocenters. The normalized spacial score (nSPS) is 14.9. The van der Waals surface area contributed by atoms with Crippen LogP contribution < -0.4 is 0 Å². The van der Waals surface area contributed by atoms with Crippen LogP contribution in [0.15, 0.2) is 47.6 Å². The lowest BCUT2D eigenvalue weighted by Gasteiger charge is -2.02. The van der Waals surface area contributed by atoms with Gasteiger partial charge in [0.1, 0.15) is 5.71 Å². The summed E-state index contributed by atoms with van der Waals surface area (Å²) in [5.74, 6) is 0. The maximum Gasteiger partial charge on any atom is 0.168 e. The van der Waals surface area contributed by atoms with Crippen molar-refractivity contribution in [1.82, 2.24) is 0 Å². The van der Waals surface area contributed by atoms with Crippen molar-refractivity contribution < 1.29 is 4.79 Å². The molecule has 0 spiro atoms. The minimum absolute atomic E-state index is 0.407. The number of benzene rings is 1. The number of hydrogen-bond acceptors (Lipinski definition) is 2. The van der Waals surface area contributed by atoms with E-state index in [1.54, 1.807) is 18.2 Å². The number of carbonyl (C=O) groups is 1. The molecule has 1 aliphatic heterocycles. The Balaban J connectivity index is 2.38. The average molecular weight is 218 g/mol. The van der Waals surface area contributed by atoms with Crippen molar-refractivity contribution in [2.45, 2.75) is 0 Å². The molecule has 0 atom stereocenters. The average Bonchev–Trinajstić information content (AvgIpc) is 2.61. The van der Waals surface area contributed by atoms with E-state index in [0.29, 0.717) is 22.7 Å². The summed E-state index contributed by atoms with van der Waals surface area (Å²) in [5, 5.41) is 0.680. The Hall–Kier alpha value is -1.67. The minimum atomic E-state index is 0.407. The second-order valence-electron chi connectivity index (χ2n) is 3.17. The molecule has 15 heavy (non-hydrogen) atoms. The molecule has 1 aromatic carbocycles. The number of aldehydes is 1. The number of aliphatic imine (C=N–C) groups is 1. The van der Waals surface area contributed by atoms with E-state index in [1.165, 1.54) is 0 Å². The lowest BCUT2D eigenvalue weighted by Crippen LogP contribution is -1.88. The fraction of sp³-hybridized carbons (Fsp3) is 0. The van der Waals surface area contributed by atoms with Crippen molar-refractivity contribution in [3.8, 4) is 0 Å². The summed E-state index contributed by atoms with van der Waals surface area (Å²) in [4.78, 5) is 14.6. The molecule has 0 N–H and O–H groups in total. The zero-order valence-corrected chi connectivity index (χ0v) is 8.66. The Kier molecular flexibility index (Phi) is 2.52. The van der Waals surface area contributed by atoms with Crippen molar-refractivity contribution in [3.05, 3.63) is 53.2 Å². The SMILES string of the molecule is C=C1N=C(C=O)C=C1c1ccc(Cl)cc1. The molecule has 0 saturated heterocycles. The second kappa shape index (κ2) is 3.83. The van der Waals surface area contributed by atoms with Gasteiger partial charge >= 0.3 is 0 Å². The van der Waals surface area contributed by atoms with Crippen molar-refractivity contribution in [2.24, 2.45) is 4.99 Å². The first-order valence-corrected chi connectivity index (χ1v) is 4.79. The standard InChI is InChI=1S/C12H8ClNO/c1-8-12(6-11(7-15)14-8)9-2-4-10(13)5-3-9/h2-7H,1H2. The molecule has 0 fully saturated rings. The highest BCUT2D eigenvalue weighted by molar-refractivity contribution is 6.38. The van der Waals surface area contributed by atoms with Crippen molar-refractivity contribution >= 4 is 29.2 Å². The fourth-order valence-electron chi connectivity index (χ4n) is 1.42. The number of halogens is 1. The number of rotatable bonds is 2. The van der Waals surface area contributed by atoms with Crippen LogP contribution in [0.4, 0.5) is 0 Å². The van der Waals surface area contributed by atoms with Gasteiger partial charge in [-0.3, -0.25) is 4.79 Å². The maximum absolute atomic E-state index is 10.5. The molecule has 3 heteroatoms. The number of nitrogens with zero attached hydrogens (tertiary/aromatic N) is 1. The third-order valence-electron chi connectivity index (χ3n) is 2.14. The number of hydrogen-bond donors (Lipinski definition) is 0. The van der Waals surface area contributed by atoms with E-state index in [2.05, 4.69) is 11.6 Å². The van der Waals surface area contributed by atoms with E-state index in [9.17, 15) is 4.79 Å². The number of carbonyl (C=O) groups excluding carboxylic acids is 1. The lowest BCUT2D eigenvalue weighted by atomic mass is 10.0. The quantitative estimate of drug-likeness (QED) is 0.701. The smallest absolute Gasteiger partial charge is 0.168 e. The van der Waals surface area contributed by atoms with E-state index < -0.39 is 0 Å². The third-order valence-corrected chi connectivity index (χ3v) is 2.40. The van der Waals surface area contributed by atoms with Crippen LogP contribution in [-0.4, -0.2) is 12.0 Å². The lowest BCUT2D eigenvalue weighted by molar-refractivity contribution is -0.102. The van der Waals surface area contributed by atoms with Crippen LogP contribution >= 0.6 is 11.6 Å². The minimum Gasteiger partial charge on any atom is -0.296 e. The first-order valence-electron chi connectivity index (χ1n) is 4.41. The Morgan fingerprint density at radius 3 is 2.47 bits per heavy atom. The van der Waals surface area contributed by atoms with Gasteiger partial charge in [-0.25, -0.2) is 4.99 Å². The molecule has 1 aromatic rings. The zero-order valence-electron chi connectivity index (χ0n) is 7.90. The molecule has 0 radical (unpaired) electrons. The molecule has 0 aromatic heterocycles. The Morgan fingerprint density at radius 2 is 1.93 bits per heavy atom. The van der Waals surface area contributed by atoms with E-state index in [-0.39, 0.29) is 0 Å². The zero-order chi connectivity index (χ0) is 10.8.